The predicted molar refractivity (Wildman–Crippen MR) is 55.4 cm³/mol. The van der Waals surface area contributed by atoms with E-state index in [-0.39, 0.29) is 6.42 Å². The first kappa shape index (κ1) is 12.3. The molecule has 1 N–H and O–H groups in total. The van der Waals surface area contributed by atoms with Crippen LogP contribution in [0.2, 0.25) is 0 Å². The topological polar surface area (TPSA) is 68.9 Å². The maximum atomic E-state index is 11.0. The number of furan rings is 1. The van der Waals surface area contributed by atoms with Gasteiger partial charge in [-0.05, 0) is 6.07 Å². The van der Waals surface area contributed by atoms with E-state index >= 15 is 0 Å². The number of ether oxygens (including phenoxy) is 2. The normalized spacial score (nSPS) is 13.3. The zero-order chi connectivity index (χ0) is 12.0. The molecule has 0 amide bonds. The number of aliphatic hydroxyl groups is 1. The van der Waals surface area contributed by atoms with Crippen molar-refractivity contribution in [3.63, 3.8) is 0 Å². The molecule has 0 aliphatic heterocycles. The Morgan fingerprint density at radius 1 is 1.56 bits per heavy atom. The Morgan fingerprint density at radius 3 is 2.81 bits per heavy atom. The zero-order valence-electron chi connectivity index (χ0n) is 9.17. The molecule has 88 valence electrons. The van der Waals surface area contributed by atoms with E-state index in [1.165, 1.54) is 32.8 Å². The molecule has 0 aliphatic rings. The van der Waals surface area contributed by atoms with E-state index in [2.05, 4.69) is 4.74 Å². The number of aliphatic hydroxyl groups excluding tert-OH is 1. The van der Waals surface area contributed by atoms with Crippen molar-refractivity contribution in [3.05, 3.63) is 36.0 Å². The van der Waals surface area contributed by atoms with Gasteiger partial charge in [0, 0.05) is 12.0 Å². The fourth-order valence-electron chi connectivity index (χ4n) is 1.16. The Morgan fingerprint density at radius 2 is 2.31 bits per heavy atom. The molecule has 1 aromatic rings. The number of hydrogen-bond donors (Lipinski definition) is 1. The first-order valence-corrected chi connectivity index (χ1v) is 4.70. The lowest BCUT2D eigenvalue weighted by Gasteiger charge is -2.10. The number of esters is 1. The molecule has 16 heavy (non-hydrogen) atoms. The Hall–Kier alpha value is -1.75. The Kier molecular flexibility index (Phi) is 4.60. The molecule has 5 nitrogen and oxygen atoms in total. The molecule has 1 aromatic heterocycles. The van der Waals surface area contributed by atoms with E-state index < -0.39 is 12.1 Å². The summed E-state index contributed by atoms with van der Waals surface area (Å²) in [5.41, 5.74) is 0.632. The average molecular weight is 226 g/mol. The van der Waals surface area contributed by atoms with Crippen molar-refractivity contribution in [2.75, 3.05) is 14.2 Å². The lowest BCUT2D eigenvalue weighted by molar-refractivity contribution is -0.135. The Bertz CT molecular complexity index is 352. The third-order valence-electron chi connectivity index (χ3n) is 2.06. The second kappa shape index (κ2) is 5.97. The molecule has 5 heteroatoms. The maximum Gasteiger partial charge on any atom is 0.333 e. The standard InChI is InChI=1S/C11H14O5/c1-14-9(6-11(13)15-2)5-10(12)8-3-4-16-7-8/h3-4,6-7,10,12H,5H2,1-2H3/b9-6+. The van der Waals surface area contributed by atoms with E-state index in [9.17, 15) is 9.90 Å². The van der Waals surface area contributed by atoms with Crippen LogP contribution in [-0.4, -0.2) is 25.3 Å². The van der Waals surface area contributed by atoms with Gasteiger partial charge in [0.25, 0.3) is 0 Å². The van der Waals surface area contributed by atoms with Crippen LogP contribution in [0.15, 0.2) is 34.8 Å². The summed E-state index contributed by atoms with van der Waals surface area (Å²) in [7, 11) is 2.70. The number of carbonyl (C=O) groups excluding carboxylic acids is 1. The van der Waals surface area contributed by atoms with E-state index in [1.807, 2.05) is 0 Å². The second-order valence-electron chi connectivity index (χ2n) is 3.11. The van der Waals surface area contributed by atoms with Crippen molar-refractivity contribution in [1.29, 1.82) is 0 Å². The molecule has 1 heterocycles. The largest absolute Gasteiger partial charge is 0.501 e. The minimum Gasteiger partial charge on any atom is -0.501 e. The SMILES string of the molecule is COC(=O)/C=C(\CC(O)c1ccoc1)OC. The zero-order valence-corrected chi connectivity index (χ0v) is 9.17. The summed E-state index contributed by atoms with van der Waals surface area (Å²) in [5, 5.41) is 9.76. The fourth-order valence-corrected chi connectivity index (χ4v) is 1.16. The number of carbonyl (C=O) groups is 1. The van der Waals surface area contributed by atoms with Crippen LogP contribution in [0, 0.1) is 0 Å². The quantitative estimate of drug-likeness (QED) is 0.467. The highest BCUT2D eigenvalue weighted by molar-refractivity contribution is 5.82. The summed E-state index contributed by atoms with van der Waals surface area (Å²) < 4.78 is 14.3. The van der Waals surface area contributed by atoms with Crippen LogP contribution in [0.4, 0.5) is 0 Å². The molecule has 1 atom stereocenters. The molecule has 0 saturated carbocycles. The monoisotopic (exact) mass is 226 g/mol. The fraction of sp³-hybridized carbons (Fsp3) is 0.364. The molecule has 0 aromatic carbocycles. The molecular weight excluding hydrogens is 212 g/mol. The van der Waals surface area contributed by atoms with E-state index in [1.54, 1.807) is 6.07 Å². The third kappa shape index (κ3) is 3.43. The Balaban J connectivity index is 2.63. The third-order valence-corrected chi connectivity index (χ3v) is 2.06. The number of methoxy groups -OCH3 is 2. The first-order valence-electron chi connectivity index (χ1n) is 4.70. The van der Waals surface area contributed by atoms with Gasteiger partial charge in [-0.15, -0.1) is 0 Å². The summed E-state index contributed by atoms with van der Waals surface area (Å²) in [6.07, 6.45) is 3.52. The molecule has 0 saturated heterocycles. The molecule has 1 rings (SSSR count). The summed E-state index contributed by atoms with van der Waals surface area (Å²) in [5.74, 6) is -0.170. The minimum atomic E-state index is -0.769. The van der Waals surface area contributed by atoms with Gasteiger partial charge in [0.15, 0.2) is 0 Å². The van der Waals surface area contributed by atoms with Crippen molar-refractivity contribution < 1.29 is 23.8 Å². The van der Waals surface area contributed by atoms with Gasteiger partial charge in [-0.3, -0.25) is 0 Å². The molecule has 0 radical (unpaired) electrons. The van der Waals surface area contributed by atoms with E-state index in [4.69, 9.17) is 9.15 Å². The highest BCUT2D eigenvalue weighted by atomic mass is 16.5. The van der Waals surface area contributed by atoms with Crippen molar-refractivity contribution in [3.8, 4) is 0 Å². The molecule has 0 spiro atoms. The number of rotatable bonds is 5. The number of hydrogen-bond acceptors (Lipinski definition) is 5. The van der Waals surface area contributed by atoms with Crippen LogP contribution in [0.1, 0.15) is 18.1 Å². The van der Waals surface area contributed by atoms with Crippen molar-refractivity contribution in [2.45, 2.75) is 12.5 Å². The van der Waals surface area contributed by atoms with Crippen LogP contribution >= 0.6 is 0 Å². The van der Waals surface area contributed by atoms with Crippen LogP contribution in [0.25, 0.3) is 0 Å². The van der Waals surface area contributed by atoms with Gasteiger partial charge in [0.2, 0.25) is 0 Å². The smallest absolute Gasteiger partial charge is 0.333 e. The van der Waals surface area contributed by atoms with Gasteiger partial charge in [-0.1, -0.05) is 0 Å². The average Bonchev–Trinajstić information content (AvgIpc) is 2.81. The predicted octanol–water partition coefficient (Wildman–Crippen LogP) is 1.41. The van der Waals surface area contributed by atoms with Crippen LogP contribution in [0.3, 0.4) is 0 Å². The summed E-state index contributed by atoms with van der Waals surface area (Å²) in [6.45, 7) is 0. The van der Waals surface area contributed by atoms with Crippen molar-refractivity contribution in [2.24, 2.45) is 0 Å². The summed E-state index contributed by atoms with van der Waals surface area (Å²) in [4.78, 5) is 11.0. The van der Waals surface area contributed by atoms with Crippen molar-refractivity contribution >= 4 is 5.97 Å². The second-order valence-corrected chi connectivity index (χ2v) is 3.11. The molecule has 0 aliphatic carbocycles. The van der Waals surface area contributed by atoms with Gasteiger partial charge in [-0.25, -0.2) is 4.79 Å². The Labute approximate surface area is 93.3 Å². The molecule has 0 fully saturated rings. The van der Waals surface area contributed by atoms with Gasteiger partial charge in [0.05, 0.1) is 38.9 Å². The van der Waals surface area contributed by atoms with Gasteiger partial charge >= 0.3 is 5.97 Å². The van der Waals surface area contributed by atoms with Crippen LogP contribution in [0.5, 0.6) is 0 Å². The highest BCUT2D eigenvalue weighted by Gasteiger charge is 2.13. The molecular formula is C11H14O5. The summed E-state index contributed by atoms with van der Waals surface area (Å²) >= 11 is 0. The molecule has 1 unspecified atom stereocenters. The van der Waals surface area contributed by atoms with Gasteiger partial charge in [-0.2, -0.15) is 0 Å². The summed E-state index contributed by atoms with van der Waals surface area (Å²) in [6, 6.07) is 1.65. The molecule has 0 bridgehead atoms. The van der Waals surface area contributed by atoms with E-state index in [0.29, 0.717) is 11.3 Å². The van der Waals surface area contributed by atoms with Crippen LogP contribution in [-0.2, 0) is 14.3 Å². The maximum absolute atomic E-state index is 11.0. The minimum absolute atomic E-state index is 0.186. The van der Waals surface area contributed by atoms with Crippen LogP contribution < -0.4 is 0 Å². The lowest BCUT2D eigenvalue weighted by Crippen LogP contribution is -2.03. The van der Waals surface area contributed by atoms with E-state index in [0.717, 1.165) is 0 Å². The lowest BCUT2D eigenvalue weighted by atomic mass is 10.1. The van der Waals surface area contributed by atoms with Crippen molar-refractivity contribution in [1.82, 2.24) is 0 Å². The van der Waals surface area contributed by atoms with Gasteiger partial charge < -0.3 is 19.0 Å². The highest BCUT2D eigenvalue weighted by Crippen LogP contribution is 2.21. The first-order chi connectivity index (χ1) is 7.67. The van der Waals surface area contributed by atoms with Gasteiger partial charge in [0.1, 0.15) is 5.76 Å².